The highest BCUT2D eigenvalue weighted by Crippen LogP contribution is 2.20. The molecule has 1 aromatic carbocycles. The molecule has 2 aliphatic heterocycles. The second kappa shape index (κ2) is 5.97. The van der Waals surface area contributed by atoms with Gasteiger partial charge < -0.3 is 10.2 Å². The van der Waals surface area contributed by atoms with Crippen LogP contribution in [-0.4, -0.2) is 41.9 Å². The van der Waals surface area contributed by atoms with Gasteiger partial charge in [-0.1, -0.05) is 24.3 Å². The van der Waals surface area contributed by atoms with Gasteiger partial charge in [-0.25, -0.2) is 0 Å². The highest BCUT2D eigenvalue weighted by molar-refractivity contribution is 7.99. The fourth-order valence-corrected chi connectivity index (χ4v) is 3.62. The van der Waals surface area contributed by atoms with Crippen molar-refractivity contribution in [2.45, 2.75) is 13.0 Å². The Balaban J connectivity index is 1.48. The zero-order valence-corrected chi connectivity index (χ0v) is 11.9. The first-order chi connectivity index (χ1) is 9.33. The summed E-state index contributed by atoms with van der Waals surface area (Å²) in [6, 6.07) is 8.46. The molecular formula is C15H20N2OS. The fourth-order valence-electron chi connectivity index (χ4n) is 2.58. The normalized spacial score (nSPS) is 18.8. The lowest BCUT2D eigenvalue weighted by molar-refractivity contribution is -0.129. The van der Waals surface area contributed by atoms with Gasteiger partial charge in [-0.05, 0) is 42.3 Å². The third-order valence-electron chi connectivity index (χ3n) is 3.93. The van der Waals surface area contributed by atoms with E-state index in [1.54, 1.807) is 11.8 Å². The quantitative estimate of drug-likeness (QED) is 0.905. The van der Waals surface area contributed by atoms with E-state index in [9.17, 15) is 4.79 Å². The SMILES string of the molecule is O=C(CSCC1CNC1)N1CCc2ccccc2C1. The molecule has 0 saturated carbocycles. The number of rotatable bonds is 4. The van der Waals surface area contributed by atoms with Gasteiger partial charge in [0.2, 0.25) is 5.91 Å². The Hall–Kier alpha value is -1.00. The van der Waals surface area contributed by atoms with Crippen molar-refractivity contribution in [3.8, 4) is 0 Å². The topological polar surface area (TPSA) is 32.3 Å². The highest BCUT2D eigenvalue weighted by atomic mass is 32.2. The van der Waals surface area contributed by atoms with E-state index < -0.39 is 0 Å². The molecule has 4 heteroatoms. The molecule has 1 amide bonds. The number of carbonyl (C=O) groups excluding carboxylic acids is 1. The van der Waals surface area contributed by atoms with E-state index in [1.165, 1.54) is 11.1 Å². The maximum absolute atomic E-state index is 12.2. The maximum Gasteiger partial charge on any atom is 0.232 e. The van der Waals surface area contributed by atoms with E-state index in [1.807, 2.05) is 4.90 Å². The second-order valence-corrected chi connectivity index (χ2v) is 6.40. The van der Waals surface area contributed by atoms with Gasteiger partial charge in [0.05, 0.1) is 5.75 Å². The molecule has 1 fully saturated rings. The number of thioether (sulfide) groups is 1. The van der Waals surface area contributed by atoms with Crippen LogP contribution in [0.25, 0.3) is 0 Å². The minimum absolute atomic E-state index is 0.298. The number of nitrogens with one attached hydrogen (secondary N) is 1. The number of hydrogen-bond donors (Lipinski definition) is 1. The largest absolute Gasteiger partial charge is 0.337 e. The van der Waals surface area contributed by atoms with Crippen molar-refractivity contribution in [1.29, 1.82) is 0 Å². The molecule has 1 N–H and O–H groups in total. The summed E-state index contributed by atoms with van der Waals surface area (Å²) < 4.78 is 0. The number of hydrogen-bond acceptors (Lipinski definition) is 3. The Bertz CT molecular complexity index is 459. The second-order valence-electron chi connectivity index (χ2n) is 5.37. The van der Waals surface area contributed by atoms with Crippen molar-refractivity contribution < 1.29 is 4.79 Å². The summed E-state index contributed by atoms with van der Waals surface area (Å²) in [5.74, 6) is 2.83. The average molecular weight is 276 g/mol. The molecule has 1 aromatic rings. The predicted molar refractivity (Wildman–Crippen MR) is 79.2 cm³/mol. The number of benzene rings is 1. The van der Waals surface area contributed by atoms with Crippen molar-refractivity contribution in [3.63, 3.8) is 0 Å². The molecule has 0 unspecified atom stereocenters. The van der Waals surface area contributed by atoms with Crippen LogP contribution < -0.4 is 5.32 Å². The number of carbonyl (C=O) groups is 1. The van der Waals surface area contributed by atoms with Crippen molar-refractivity contribution in [1.82, 2.24) is 10.2 Å². The summed E-state index contributed by atoms with van der Waals surface area (Å²) in [6.07, 6.45) is 0.999. The molecule has 1 saturated heterocycles. The lowest BCUT2D eigenvalue weighted by atomic mass is 10.00. The van der Waals surface area contributed by atoms with E-state index in [-0.39, 0.29) is 0 Å². The molecule has 19 heavy (non-hydrogen) atoms. The zero-order chi connectivity index (χ0) is 13.1. The third-order valence-corrected chi connectivity index (χ3v) is 5.09. The van der Waals surface area contributed by atoms with Crippen LogP contribution in [-0.2, 0) is 17.8 Å². The average Bonchev–Trinajstić information content (AvgIpc) is 2.40. The molecule has 0 aromatic heterocycles. The van der Waals surface area contributed by atoms with Crippen LogP contribution in [0.2, 0.25) is 0 Å². The van der Waals surface area contributed by atoms with Crippen LogP contribution in [0.4, 0.5) is 0 Å². The van der Waals surface area contributed by atoms with E-state index in [0.29, 0.717) is 11.7 Å². The van der Waals surface area contributed by atoms with Crippen molar-refractivity contribution in [2.24, 2.45) is 5.92 Å². The molecule has 3 nitrogen and oxygen atoms in total. The first-order valence-corrected chi connectivity index (χ1v) is 8.11. The van der Waals surface area contributed by atoms with E-state index in [4.69, 9.17) is 0 Å². The molecule has 0 aliphatic carbocycles. The van der Waals surface area contributed by atoms with Gasteiger partial charge in [-0.2, -0.15) is 11.8 Å². The highest BCUT2D eigenvalue weighted by Gasteiger charge is 2.21. The third kappa shape index (κ3) is 3.12. The lowest BCUT2D eigenvalue weighted by Crippen LogP contribution is -2.43. The van der Waals surface area contributed by atoms with Crippen LogP contribution in [0, 0.1) is 5.92 Å². The van der Waals surface area contributed by atoms with Gasteiger partial charge in [0, 0.05) is 13.1 Å². The standard InChI is InChI=1S/C15H20N2OS/c18-15(11-19-10-12-7-16-8-12)17-6-5-13-3-1-2-4-14(13)9-17/h1-4,12,16H,5-11H2. The summed E-state index contributed by atoms with van der Waals surface area (Å²) in [7, 11) is 0. The predicted octanol–water partition coefficient (Wildman–Crippen LogP) is 1.52. The molecular weight excluding hydrogens is 256 g/mol. The van der Waals surface area contributed by atoms with Crippen LogP contribution in [0.3, 0.4) is 0 Å². The van der Waals surface area contributed by atoms with Crippen molar-refractivity contribution >= 4 is 17.7 Å². The Morgan fingerprint density at radius 1 is 1.32 bits per heavy atom. The number of amides is 1. The van der Waals surface area contributed by atoms with Crippen LogP contribution in [0.1, 0.15) is 11.1 Å². The van der Waals surface area contributed by atoms with E-state index in [2.05, 4.69) is 29.6 Å². The lowest BCUT2D eigenvalue weighted by Gasteiger charge is -2.30. The Kier molecular flexibility index (Phi) is 4.09. The molecule has 0 radical (unpaired) electrons. The Morgan fingerprint density at radius 3 is 2.84 bits per heavy atom. The number of nitrogens with zero attached hydrogens (tertiary/aromatic N) is 1. The summed E-state index contributed by atoms with van der Waals surface area (Å²) in [5, 5.41) is 3.27. The maximum atomic E-state index is 12.2. The summed E-state index contributed by atoms with van der Waals surface area (Å²) >= 11 is 1.79. The molecule has 2 heterocycles. The molecule has 2 aliphatic rings. The van der Waals surface area contributed by atoms with Crippen LogP contribution in [0.15, 0.2) is 24.3 Å². The minimum Gasteiger partial charge on any atom is -0.337 e. The Morgan fingerprint density at radius 2 is 2.11 bits per heavy atom. The monoisotopic (exact) mass is 276 g/mol. The Labute approximate surface area is 118 Å². The van der Waals surface area contributed by atoms with Gasteiger partial charge in [0.1, 0.15) is 0 Å². The molecule has 0 bridgehead atoms. The van der Waals surface area contributed by atoms with Crippen molar-refractivity contribution in [3.05, 3.63) is 35.4 Å². The first kappa shape index (κ1) is 13.0. The minimum atomic E-state index is 0.298. The van der Waals surface area contributed by atoms with E-state index >= 15 is 0 Å². The molecule has 0 spiro atoms. The van der Waals surface area contributed by atoms with Crippen molar-refractivity contribution in [2.75, 3.05) is 31.1 Å². The van der Waals surface area contributed by atoms with Crippen LogP contribution in [0.5, 0.6) is 0 Å². The van der Waals surface area contributed by atoms with Gasteiger partial charge in [-0.3, -0.25) is 4.79 Å². The molecule has 3 rings (SSSR count). The van der Waals surface area contributed by atoms with Gasteiger partial charge in [-0.15, -0.1) is 0 Å². The molecule has 102 valence electrons. The van der Waals surface area contributed by atoms with Gasteiger partial charge >= 0.3 is 0 Å². The van der Waals surface area contributed by atoms with E-state index in [0.717, 1.165) is 44.3 Å². The number of fused-ring (bicyclic) bond motifs is 1. The summed E-state index contributed by atoms with van der Waals surface area (Å²) in [5.41, 5.74) is 2.72. The van der Waals surface area contributed by atoms with Gasteiger partial charge in [0.15, 0.2) is 0 Å². The summed E-state index contributed by atoms with van der Waals surface area (Å²) in [4.78, 5) is 14.2. The van der Waals surface area contributed by atoms with Crippen LogP contribution >= 0.6 is 11.8 Å². The summed E-state index contributed by atoms with van der Waals surface area (Å²) in [6.45, 7) is 3.92. The zero-order valence-electron chi connectivity index (χ0n) is 11.1. The first-order valence-electron chi connectivity index (χ1n) is 6.96. The van der Waals surface area contributed by atoms with Gasteiger partial charge in [0.25, 0.3) is 0 Å². The molecule has 0 atom stereocenters. The fraction of sp³-hybridized carbons (Fsp3) is 0.533. The smallest absolute Gasteiger partial charge is 0.232 e.